The Morgan fingerprint density at radius 2 is 2.07 bits per heavy atom. The molecule has 0 saturated carbocycles. The van der Waals surface area contributed by atoms with Crippen molar-refractivity contribution in [2.24, 2.45) is 0 Å². The van der Waals surface area contributed by atoms with Gasteiger partial charge in [0.15, 0.2) is 0 Å². The van der Waals surface area contributed by atoms with Crippen molar-refractivity contribution in [2.75, 3.05) is 26.2 Å². The first kappa shape index (κ1) is 9.68. The number of hydrogen-bond acceptors (Lipinski definition) is 3. The predicted octanol–water partition coefficient (Wildman–Crippen LogP) is 1.30. The number of nitrogens with zero attached hydrogens (tertiary/aromatic N) is 2. The SMILES string of the molecule is [CH2-]N1CCN(C(=O)c2cccs2)CC1. The van der Waals surface area contributed by atoms with Crippen LogP contribution < -0.4 is 0 Å². The molecular formula is C10H13N2OS-. The third-order valence-corrected chi connectivity index (χ3v) is 3.25. The van der Waals surface area contributed by atoms with Gasteiger partial charge in [-0.2, -0.15) is 0 Å². The summed E-state index contributed by atoms with van der Waals surface area (Å²) in [5.41, 5.74) is 0. The summed E-state index contributed by atoms with van der Waals surface area (Å²) < 4.78 is 0. The van der Waals surface area contributed by atoms with Crippen LogP contribution in [0.2, 0.25) is 0 Å². The van der Waals surface area contributed by atoms with Crippen molar-refractivity contribution in [3.8, 4) is 0 Å². The standard InChI is InChI=1S/C10H13N2OS/c1-11-4-6-12(7-5-11)10(13)9-3-2-8-14-9/h2-3,8H,1,4-7H2/q-1. The van der Waals surface area contributed by atoms with Crippen molar-refractivity contribution in [1.29, 1.82) is 0 Å². The summed E-state index contributed by atoms with van der Waals surface area (Å²) in [5, 5.41) is 1.94. The zero-order valence-electron chi connectivity index (χ0n) is 7.98. The molecule has 1 aromatic rings. The van der Waals surface area contributed by atoms with E-state index in [9.17, 15) is 4.79 Å². The lowest BCUT2D eigenvalue weighted by atomic mass is 10.3. The third-order valence-electron chi connectivity index (χ3n) is 2.39. The van der Waals surface area contributed by atoms with Gasteiger partial charge < -0.3 is 9.80 Å². The molecule has 0 radical (unpaired) electrons. The lowest BCUT2D eigenvalue weighted by molar-refractivity contribution is 0.0682. The molecule has 0 spiro atoms. The highest BCUT2D eigenvalue weighted by molar-refractivity contribution is 7.12. The molecule has 0 bridgehead atoms. The van der Waals surface area contributed by atoms with E-state index in [1.807, 2.05) is 27.3 Å². The van der Waals surface area contributed by atoms with Crippen molar-refractivity contribution in [2.45, 2.75) is 0 Å². The van der Waals surface area contributed by atoms with E-state index < -0.39 is 0 Å². The van der Waals surface area contributed by atoms with E-state index in [4.69, 9.17) is 0 Å². The van der Waals surface area contributed by atoms with Gasteiger partial charge in [-0.3, -0.25) is 11.8 Å². The van der Waals surface area contributed by atoms with Gasteiger partial charge in [0.1, 0.15) is 0 Å². The highest BCUT2D eigenvalue weighted by Crippen LogP contribution is 2.13. The third kappa shape index (κ3) is 1.96. The van der Waals surface area contributed by atoms with E-state index in [0.717, 1.165) is 31.1 Å². The number of amides is 1. The Kier molecular flexibility index (Phi) is 2.84. The molecule has 1 aliphatic rings. The molecule has 0 aliphatic carbocycles. The fourth-order valence-corrected chi connectivity index (χ4v) is 2.20. The normalized spacial score (nSPS) is 18.5. The zero-order valence-corrected chi connectivity index (χ0v) is 8.80. The van der Waals surface area contributed by atoms with Crippen molar-refractivity contribution < 1.29 is 4.79 Å². The Balaban J connectivity index is 1.99. The minimum absolute atomic E-state index is 0.160. The van der Waals surface area contributed by atoms with Crippen molar-refractivity contribution in [1.82, 2.24) is 9.80 Å². The Morgan fingerprint density at radius 3 is 2.64 bits per heavy atom. The van der Waals surface area contributed by atoms with Gasteiger partial charge in [0.2, 0.25) is 0 Å². The predicted molar refractivity (Wildman–Crippen MR) is 57.2 cm³/mol. The second kappa shape index (κ2) is 4.11. The molecule has 1 aliphatic heterocycles. The molecule has 2 rings (SSSR count). The first-order chi connectivity index (χ1) is 6.77. The lowest BCUT2D eigenvalue weighted by Gasteiger charge is -2.36. The fraction of sp³-hybridized carbons (Fsp3) is 0.400. The Morgan fingerprint density at radius 1 is 1.36 bits per heavy atom. The number of carbonyl (C=O) groups is 1. The molecule has 1 saturated heterocycles. The van der Waals surface area contributed by atoms with E-state index in [2.05, 4.69) is 7.05 Å². The summed E-state index contributed by atoms with van der Waals surface area (Å²) in [7, 11) is 3.85. The summed E-state index contributed by atoms with van der Waals surface area (Å²) in [4.78, 5) is 16.6. The van der Waals surface area contributed by atoms with Gasteiger partial charge in [0.25, 0.3) is 5.91 Å². The fourth-order valence-electron chi connectivity index (χ4n) is 1.51. The molecular weight excluding hydrogens is 196 g/mol. The maximum Gasteiger partial charge on any atom is 0.264 e. The maximum atomic E-state index is 11.9. The second-order valence-electron chi connectivity index (χ2n) is 3.39. The molecule has 4 heteroatoms. The summed E-state index contributed by atoms with van der Waals surface area (Å²) >= 11 is 1.51. The maximum absolute atomic E-state index is 11.9. The van der Waals surface area contributed by atoms with Crippen LogP contribution in [0.4, 0.5) is 0 Å². The van der Waals surface area contributed by atoms with Gasteiger partial charge in [-0.1, -0.05) is 6.07 Å². The average Bonchev–Trinajstić information content (AvgIpc) is 2.71. The van der Waals surface area contributed by atoms with Crippen LogP contribution in [-0.2, 0) is 0 Å². The van der Waals surface area contributed by atoms with Crippen LogP contribution in [0.15, 0.2) is 17.5 Å². The molecule has 2 heterocycles. The quantitative estimate of drug-likeness (QED) is 0.651. The van der Waals surface area contributed by atoms with Crippen LogP contribution in [0.5, 0.6) is 0 Å². The summed E-state index contributed by atoms with van der Waals surface area (Å²) in [6, 6.07) is 3.79. The topological polar surface area (TPSA) is 23.6 Å². The number of hydrogen-bond donors (Lipinski definition) is 0. The van der Waals surface area contributed by atoms with Crippen LogP contribution in [0.3, 0.4) is 0 Å². The van der Waals surface area contributed by atoms with Gasteiger partial charge >= 0.3 is 0 Å². The zero-order chi connectivity index (χ0) is 9.97. The molecule has 1 amide bonds. The number of thiophene rings is 1. The Labute approximate surface area is 87.9 Å². The van der Waals surface area contributed by atoms with Crippen LogP contribution in [-0.4, -0.2) is 41.9 Å². The van der Waals surface area contributed by atoms with Crippen LogP contribution in [0.1, 0.15) is 9.67 Å². The highest BCUT2D eigenvalue weighted by Gasteiger charge is 2.18. The minimum atomic E-state index is 0.160. The summed E-state index contributed by atoms with van der Waals surface area (Å²) in [5.74, 6) is 0.160. The van der Waals surface area contributed by atoms with Crippen molar-refractivity contribution in [3.63, 3.8) is 0 Å². The molecule has 76 valence electrons. The lowest BCUT2D eigenvalue weighted by Crippen LogP contribution is -2.46. The highest BCUT2D eigenvalue weighted by atomic mass is 32.1. The first-order valence-corrected chi connectivity index (χ1v) is 5.53. The second-order valence-corrected chi connectivity index (χ2v) is 4.34. The molecule has 0 unspecified atom stereocenters. The van der Waals surface area contributed by atoms with Gasteiger partial charge in [-0.15, -0.1) is 11.3 Å². The van der Waals surface area contributed by atoms with Crippen LogP contribution in [0.25, 0.3) is 0 Å². The molecule has 1 aromatic heterocycles. The number of carbonyl (C=O) groups excluding carboxylic acids is 1. The summed E-state index contributed by atoms with van der Waals surface area (Å²) in [6.45, 7) is 3.33. The Bertz CT molecular complexity index is 302. The molecule has 14 heavy (non-hydrogen) atoms. The smallest absolute Gasteiger partial charge is 0.264 e. The van der Waals surface area contributed by atoms with Crippen molar-refractivity contribution >= 4 is 17.2 Å². The molecule has 3 nitrogen and oxygen atoms in total. The Hall–Kier alpha value is -0.870. The monoisotopic (exact) mass is 209 g/mol. The van der Waals surface area contributed by atoms with Gasteiger partial charge in [-0.25, -0.2) is 0 Å². The van der Waals surface area contributed by atoms with Gasteiger partial charge in [0, 0.05) is 13.1 Å². The van der Waals surface area contributed by atoms with E-state index in [1.54, 1.807) is 0 Å². The molecule has 0 atom stereocenters. The summed E-state index contributed by atoms with van der Waals surface area (Å²) in [6.07, 6.45) is 0. The van der Waals surface area contributed by atoms with E-state index in [0.29, 0.717) is 0 Å². The molecule has 0 aromatic carbocycles. The average molecular weight is 209 g/mol. The van der Waals surface area contributed by atoms with Crippen molar-refractivity contribution in [3.05, 3.63) is 29.4 Å². The molecule has 0 N–H and O–H groups in total. The van der Waals surface area contributed by atoms with Gasteiger partial charge in [-0.05, 0) is 24.5 Å². The number of piperazine rings is 1. The largest absolute Gasteiger partial charge is 0.456 e. The minimum Gasteiger partial charge on any atom is -0.456 e. The van der Waals surface area contributed by atoms with Gasteiger partial charge in [0.05, 0.1) is 4.88 Å². The van der Waals surface area contributed by atoms with E-state index in [1.165, 1.54) is 11.3 Å². The van der Waals surface area contributed by atoms with Crippen LogP contribution in [0, 0.1) is 7.05 Å². The number of rotatable bonds is 1. The van der Waals surface area contributed by atoms with Crippen LogP contribution >= 0.6 is 11.3 Å². The molecule has 1 fully saturated rings. The van der Waals surface area contributed by atoms with E-state index >= 15 is 0 Å². The van der Waals surface area contributed by atoms with E-state index in [-0.39, 0.29) is 5.91 Å². The first-order valence-electron chi connectivity index (χ1n) is 4.65.